The quantitative estimate of drug-likeness (QED) is 0.377. The number of halogens is 1. The molecule has 1 aromatic rings. The van der Waals surface area contributed by atoms with Gasteiger partial charge in [-0.25, -0.2) is 4.79 Å². The van der Waals surface area contributed by atoms with Crippen LogP contribution in [0.3, 0.4) is 0 Å². The van der Waals surface area contributed by atoms with E-state index in [0.717, 1.165) is 0 Å². The summed E-state index contributed by atoms with van der Waals surface area (Å²) in [6, 6.07) is 6.89. The maximum Gasteiger partial charge on any atom is 0.340 e. The van der Waals surface area contributed by atoms with Crippen molar-refractivity contribution in [1.29, 1.82) is 0 Å². The first-order valence-electron chi connectivity index (χ1n) is 15.4. The molecule has 7 bridgehead atoms. The molecule has 1 saturated heterocycles. The first-order valence-corrected chi connectivity index (χ1v) is 15.4. The van der Waals surface area contributed by atoms with E-state index in [-0.39, 0.29) is 64.8 Å². The van der Waals surface area contributed by atoms with E-state index in [4.69, 9.17) is 18.9 Å². The third-order valence-electron chi connectivity index (χ3n) is 12.6. The van der Waals surface area contributed by atoms with Crippen molar-refractivity contribution in [2.24, 2.45) is 29.1 Å². The van der Waals surface area contributed by atoms with Gasteiger partial charge in [0.25, 0.3) is 0 Å². The van der Waals surface area contributed by atoms with Crippen LogP contribution >= 0.6 is 17.0 Å². The number of piperidine rings is 1. The first kappa shape index (κ1) is 31.4. The monoisotopic (exact) mass is 664 g/mol. The zero-order valence-electron chi connectivity index (χ0n) is 25.6. The molecule has 1 heterocycles. The van der Waals surface area contributed by atoms with Gasteiger partial charge in [-0.2, -0.15) is 0 Å². The van der Waals surface area contributed by atoms with Crippen molar-refractivity contribution in [2.45, 2.75) is 87.1 Å². The molecule has 12 atom stereocenters. The molecule has 1 aliphatic heterocycles. The summed E-state index contributed by atoms with van der Waals surface area (Å²) in [4.78, 5) is 28.3. The molecule has 238 valence electrons. The Balaban J connectivity index is 0.00000329. The fourth-order valence-corrected chi connectivity index (χ4v) is 11.6. The van der Waals surface area contributed by atoms with Crippen LogP contribution in [0, 0.1) is 29.1 Å². The Morgan fingerprint density at radius 2 is 1.81 bits per heavy atom. The van der Waals surface area contributed by atoms with Gasteiger partial charge in [0, 0.05) is 76.3 Å². The number of methoxy groups -OCH3 is 3. The van der Waals surface area contributed by atoms with Crippen LogP contribution in [0.15, 0.2) is 24.3 Å². The second-order valence-electron chi connectivity index (χ2n) is 13.7. The molecule has 1 spiro atoms. The summed E-state index contributed by atoms with van der Waals surface area (Å²) in [7, 11) is 5.05. The second-order valence-corrected chi connectivity index (χ2v) is 13.7. The van der Waals surface area contributed by atoms with Crippen LogP contribution in [0.25, 0.3) is 0 Å². The molecule has 6 fully saturated rings. The molecule has 3 N–H and O–H groups in total. The summed E-state index contributed by atoms with van der Waals surface area (Å²) in [5, 5.41) is 28.4. The van der Waals surface area contributed by atoms with Gasteiger partial charge < -0.3 is 34.5 Å². The Hall–Kier alpha value is -1.60. The minimum atomic E-state index is -1.48. The molecule has 0 radical (unpaired) electrons. The van der Waals surface area contributed by atoms with E-state index in [0.29, 0.717) is 56.4 Å². The highest BCUT2D eigenvalue weighted by Crippen LogP contribution is 2.79. The van der Waals surface area contributed by atoms with Gasteiger partial charge in [0.2, 0.25) is 5.91 Å². The Kier molecular flexibility index (Phi) is 7.64. The Bertz CT molecular complexity index is 1300. The van der Waals surface area contributed by atoms with Crippen molar-refractivity contribution in [3.63, 3.8) is 0 Å². The number of nitrogens with zero attached hydrogens (tertiary/aromatic N) is 1. The number of carbonyl (C=O) groups is 2. The number of likely N-dealkylation sites (N-methyl/N-ethyl adjacent to an activating group) is 1. The average Bonchev–Trinajstić information content (AvgIpc) is 3.39. The number of nitrogens with one attached hydrogen (secondary N) is 1. The highest BCUT2D eigenvalue weighted by atomic mass is 79.9. The van der Waals surface area contributed by atoms with Crippen LogP contribution in [0.1, 0.15) is 56.3 Å². The molecule has 10 nitrogen and oxygen atoms in total. The number of anilines is 1. The van der Waals surface area contributed by atoms with Crippen LogP contribution in [0.4, 0.5) is 5.69 Å². The number of hydrogen-bond acceptors (Lipinski definition) is 9. The smallest absolute Gasteiger partial charge is 0.340 e. The fourth-order valence-electron chi connectivity index (χ4n) is 11.6. The van der Waals surface area contributed by atoms with Gasteiger partial charge in [0.1, 0.15) is 16.8 Å². The molecule has 1 unspecified atom stereocenters. The highest BCUT2D eigenvalue weighted by molar-refractivity contribution is 8.93. The van der Waals surface area contributed by atoms with E-state index in [1.54, 1.807) is 45.6 Å². The van der Waals surface area contributed by atoms with Crippen molar-refractivity contribution in [1.82, 2.24) is 4.90 Å². The number of hydrogen-bond donors (Lipinski definition) is 3. The van der Waals surface area contributed by atoms with Crippen molar-refractivity contribution in [3.05, 3.63) is 29.8 Å². The lowest BCUT2D eigenvalue weighted by Gasteiger charge is -2.70. The van der Waals surface area contributed by atoms with Gasteiger partial charge in [-0.15, -0.1) is 17.0 Å². The topological polar surface area (TPSA) is 127 Å². The number of para-hydroxylation sites is 1. The number of ether oxygens (including phenoxy) is 4. The number of likely N-dealkylation sites (tertiary alicyclic amines) is 1. The lowest BCUT2D eigenvalue weighted by Crippen LogP contribution is -2.83. The maximum atomic E-state index is 14.0. The SMILES string of the molecule is Br.CCN1C[C@@]2(OC(=O)c3ccccc3NC(C)=O)CC[C@H](OC)[C@]34C1[C@@H](C[C@H]23)[C@@]1(O)C[C@H](OC)[C@H]2C[C@@H]4[C@]1(O)[C@H]2OC. The summed E-state index contributed by atoms with van der Waals surface area (Å²) in [6.07, 6.45) is 1.91. The minimum Gasteiger partial charge on any atom is -0.454 e. The van der Waals surface area contributed by atoms with Gasteiger partial charge in [-0.3, -0.25) is 9.69 Å². The summed E-state index contributed by atoms with van der Waals surface area (Å²) in [6.45, 7) is 4.79. The lowest BCUT2D eigenvalue weighted by atomic mass is 9.44. The van der Waals surface area contributed by atoms with Crippen molar-refractivity contribution in [2.75, 3.05) is 39.7 Å². The van der Waals surface area contributed by atoms with Crippen molar-refractivity contribution in [3.8, 4) is 0 Å². The van der Waals surface area contributed by atoms with Gasteiger partial charge in [0.05, 0.1) is 29.6 Å². The van der Waals surface area contributed by atoms with E-state index >= 15 is 0 Å². The minimum absolute atomic E-state index is 0. The maximum absolute atomic E-state index is 14.0. The highest BCUT2D eigenvalue weighted by Gasteiger charge is 2.89. The van der Waals surface area contributed by atoms with Gasteiger partial charge >= 0.3 is 5.97 Å². The molecule has 5 saturated carbocycles. The van der Waals surface area contributed by atoms with Crippen LogP contribution in [0.2, 0.25) is 0 Å². The molecule has 1 aromatic carbocycles. The molecule has 6 aliphatic rings. The largest absolute Gasteiger partial charge is 0.454 e. The first-order chi connectivity index (χ1) is 20.1. The zero-order chi connectivity index (χ0) is 29.8. The summed E-state index contributed by atoms with van der Waals surface area (Å²) >= 11 is 0. The zero-order valence-corrected chi connectivity index (χ0v) is 27.3. The lowest BCUT2D eigenvalue weighted by molar-refractivity contribution is -0.337. The fraction of sp³-hybridized carbons (Fsp3) is 0.750. The van der Waals surface area contributed by atoms with E-state index < -0.39 is 34.3 Å². The third-order valence-corrected chi connectivity index (χ3v) is 12.6. The Morgan fingerprint density at radius 3 is 2.47 bits per heavy atom. The number of carbonyl (C=O) groups excluding carboxylic acids is 2. The predicted octanol–water partition coefficient (Wildman–Crippen LogP) is 2.80. The van der Waals surface area contributed by atoms with E-state index in [2.05, 4.69) is 17.1 Å². The second kappa shape index (κ2) is 10.5. The predicted molar refractivity (Wildman–Crippen MR) is 162 cm³/mol. The number of esters is 1. The van der Waals surface area contributed by atoms with E-state index in [9.17, 15) is 19.8 Å². The molecule has 7 rings (SSSR count). The molecule has 5 aliphatic carbocycles. The molecular weight excluding hydrogens is 620 g/mol. The van der Waals surface area contributed by atoms with Gasteiger partial charge in [-0.1, -0.05) is 19.1 Å². The number of aliphatic hydroxyl groups is 2. The number of fused-ring (bicyclic) bond motifs is 2. The average molecular weight is 666 g/mol. The van der Waals surface area contributed by atoms with Crippen molar-refractivity contribution >= 4 is 34.5 Å². The molecule has 1 amide bonds. The van der Waals surface area contributed by atoms with Crippen LogP contribution in [-0.4, -0.2) is 103 Å². The van der Waals surface area contributed by atoms with Gasteiger partial charge in [-0.05, 0) is 44.4 Å². The summed E-state index contributed by atoms with van der Waals surface area (Å²) in [5.74, 6) is -1.54. The molecular formula is C32H45BrN2O8. The van der Waals surface area contributed by atoms with Crippen LogP contribution < -0.4 is 5.32 Å². The van der Waals surface area contributed by atoms with Crippen LogP contribution in [-0.2, 0) is 23.7 Å². The molecule has 43 heavy (non-hydrogen) atoms. The van der Waals surface area contributed by atoms with E-state index in [1.165, 1.54) is 6.92 Å². The van der Waals surface area contributed by atoms with Crippen LogP contribution in [0.5, 0.6) is 0 Å². The number of benzene rings is 1. The van der Waals surface area contributed by atoms with Gasteiger partial charge in [0.15, 0.2) is 0 Å². The normalized spacial score (nSPS) is 47.0. The number of rotatable bonds is 7. The Labute approximate surface area is 263 Å². The number of amides is 1. The van der Waals surface area contributed by atoms with Crippen molar-refractivity contribution < 1.29 is 38.7 Å². The third kappa shape index (κ3) is 3.67. The summed E-state index contributed by atoms with van der Waals surface area (Å²) < 4.78 is 25.1. The van der Waals surface area contributed by atoms with E-state index in [1.807, 2.05) is 0 Å². The Morgan fingerprint density at radius 1 is 1.07 bits per heavy atom. The molecule has 0 aromatic heterocycles. The molecule has 11 heteroatoms. The standard InChI is InChI=1S/C32H44N2O8.BrH/c1-6-34-16-29(42-28(36)18-9-7-8-10-21(18)33-17(2)35)12-11-25(40-4)31-23(29)14-20(26(31)34)30(37)15-22(39-3)19-13-24(31)32(30,38)27(19)41-5;/h7-10,19-20,22-27,37-38H,6,11-16H2,1-5H3,(H,33,35);1H/t19-,20-,22+,23-,24+,25+,26?,27+,29+,30+,31+,32+;/m1./s1. The summed E-state index contributed by atoms with van der Waals surface area (Å²) in [5.41, 5.74) is -3.57.